The van der Waals surface area contributed by atoms with Crippen LogP contribution in [0, 0.1) is 5.92 Å². The van der Waals surface area contributed by atoms with E-state index in [1.54, 1.807) is 0 Å². The number of hydrogen-bond acceptors (Lipinski definition) is 2. The number of halogens is 1. The molecule has 2 aromatic carbocycles. The summed E-state index contributed by atoms with van der Waals surface area (Å²) in [6.45, 7) is 6.55. The van der Waals surface area contributed by atoms with E-state index in [0.717, 1.165) is 29.4 Å². The van der Waals surface area contributed by atoms with Gasteiger partial charge in [-0.25, -0.2) is 0 Å². The van der Waals surface area contributed by atoms with E-state index in [1.807, 2.05) is 36.4 Å². The van der Waals surface area contributed by atoms with E-state index in [9.17, 15) is 0 Å². The number of rotatable bonds is 7. The van der Waals surface area contributed by atoms with Gasteiger partial charge in [-0.05, 0) is 29.2 Å². The zero-order valence-electron chi connectivity index (χ0n) is 12.6. The molecule has 0 unspecified atom stereocenters. The molecule has 2 nitrogen and oxygen atoms in total. The Bertz CT molecular complexity index is 554. The molecule has 2 rings (SSSR count). The van der Waals surface area contributed by atoms with Gasteiger partial charge in [-0.3, -0.25) is 0 Å². The van der Waals surface area contributed by atoms with Crippen LogP contribution in [0.1, 0.15) is 25.0 Å². The fourth-order valence-electron chi connectivity index (χ4n) is 1.96. The van der Waals surface area contributed by atoms with E-state index < -0.39 is 0 Å². The minimum atomic E-state index is 0.510. The third-order valence-corrected chi connectivity index (χ3v) is 3.45. The van der Waals surface area contributed by atoms with Gasteiger partial charge in [0.05, 0.1) is 6.61 Å². The van der Waals surface area contributed by atoms with Crippen LogP contribution >= 0.6 is 11.6 Å². The third-order valence-electron chi connectivity index (χ3n) is 3.10. The van der Waals surface area contributed by atoms with Gasteiger partial charge in [0.2, 0.25) is 0 Å². The summed E-state index contributed by atoms with van der Waals surface area (Å²) >= 11 is 6.31. The molecule has 112 valence electrons. The molecular weight excluding hydrogens is 282 g/mol. The number of nitrogens with one attached hydrogen (secondary N) is 1. The topological polar surface area (TPSA) is 21.3 Å². The molecule has 0 radical (unpaired) electrons. The Labute approximate surface area is 132 Å². The predicted molar refractivity (Wildman–Crippen MR) is 88.8 cm³/mol. The van der Waals surface area contributed by atoms with Gasteiger partial charge < -0.3 is 10.1 Å². The second kappa shape index (κ2) is 8.06. The smallest absolute Gasteiger partial charge is 0.120 e. The highest BCUT2D eigenvalue weighted by atomic mass is 35.5. The van der Waals surface area contributed by atoms with E-state index in [0.29, 0.717) is 12.5 Å². The van der Waals surface area contributed by atoms with Crippen molar-refractivity contribution in [1.29, 1.82) is 0 Å². The van der Waals surface area contributed by atoms with Crippen LogP contribution in [-0.2, 0) is 13.1 Å². The van der Waals surface area contributed by atoms with Crippen molar-refractivity contribution in [3.63, 3.8) is 0 Å². The normalized spacial score (nSPS) is 10.9. The summed E-state index contributed by atoms with van der Waals surface area (Å²) in [4.78, 5) is 0. The summed E-state index contributed by atoms with van der Waals surface area (Å²) in [5.74, 6) is 1.34. The van der Waals surface area contributed by atoms with Crippen molar-refractivity contribution in [1.82, 2.24) is 5.32 Å². The molecular formula is C18H22ClNO. The van der Waals surface area contributed by atoms with Crippen molar-refractivity contribution in [2.24, 2.45) is 5.92 Å². The minimum absolute atomic E-state index is 0.510. The largest absolute Gasteiger partial charge is 0.493 e. The van der Waals surface area contributed by atoms with Crippen LogP contribution in [0.3, 0.4) is 0 Å². The SMILES string of the molecule is CC(C)COc1ccc(CNCc2ccccc2)c(Cl)c1. The Morgan fingerprint density at radius 3 is 2.48 bits per heavy atom. The summed E-state index contributed by atoms with van der Waals surface area (Å²) in [5.41, 5.74) is 2.36. The van der Waals surface area contributed by atoms with Crippen LogP contribution in [0.15, 0.2) is 48.5 Å². The Morgan fingerprint density at radius 1 is 1.05 bits per heavy atom. The van der Waals surface area contributed by atoms with Crippen LogP contribution in [-0.4, -0.2) is 6.61 Å². The number of ether oxygens (including phenoxy) is 1. The standard InChI is InChI=1S/C18H22ClNO/c1-14(2)13-21-17-9-8-16(18(19)10-17)12-20-11-15-6-4-3-5-7-15/h3-10,14,20H,11-13H2,1-2H3. The van der Waals surface area contributed by atoms with Gasteiger partial charge in [0, 0.05) is 18.1 Å². The molecule has 0 spiro atoms. The monoisotopic (exact) mass is 303 g/mol. The zero-order chi connectivity index (χ0) is 15.1. The van der Waals surface area contributed by atoms with Gasteiger partial charge in [-0.15, -0.1) is 0 Å². The van der Waals surface area contributed by atoms with Gasteiger partial charge >= 0.3 is 0 Å². The van der Waals surface area contributed by atoms with Crippen LogP contribution in [0.25, 0.3) is 0 Å². The lowest BCUT2D eigenvalue weighted by atomic mass is 10.2. The molecule has 2 aromatic rings. The van der Waals surface area contributed by atoms with Crippen molar-refractivity contribution in [3.8, 4) is 5.75 Å². The Hall–Kier alpha value is -1.51. The van der Waals surface area contributed by atoms with Crippen LogP contribution in [0.4, 0.5) is 0 Å². The van der Waals surface area contributed by atoms with Crippen molar-refractivity contribution >= 4 is 11.6 Å². The molecule has 0 saturated carbocycles. The Balaban J connectivity index is 1.86. The second-order valence-corrected chi connectivity index (χ2v) is 5.95. The molecule has 0 heterocycles. The highest BCUT2D eigenvalue weighted by Crippen LogP contribution is 2.23. The van der Waals surface area contributed by atoms with Crippen LogP contribution < -0.4 is 10.1 Å². The molecule has 0 fully saturated rings. The van der Waals surface area contributed by atoms with Crippen molar-refractivity contribution in [2.45, 2.75) is 26.9 Å². The summed E-state index contributed by atoms with van der Waals surface area (Å²) < 4.78 is 5.67. The molecule has 0 aliphatic rings. The summed E-state index contributed by atoms with van der Waals surface area (Å²) in [7, 11) is 0. The molecule has 3 heteroatoms. The fraction of sp³-hybridized carbons (Fsp3) is 0.333. The number of benzene rings is 2. The molecule has 0 aromatic heterocycles. The first-order valence-corrected chi connectivity index (χ1v) is 7.69. The van der Waals surface area contributed by atoms with E-state index in [1.165, 1.54) is 5.56 Å². The maximum Gasteiger partial charge on any atom is 0.120 e. The average Bonchev–Trinajstić information content (AvgIpc) is 2.48. The first-order chi connectivity index (χ1) is 10.1. The van der Waals surface area contributed by atoms with E-state index in [-0.39, 0.29) is 0 Å². The van der Waals surface area contributed by atoms with E-state index in [4.69, 9.17) is 16.3 Å². The Kier molecular flexibility index (Phi) is 6.09. The number of hydrogen-bond donors (Lipinski definition) is 1. The molecule has 0 amide bonds. The lowest BCUT2D eigenvalue weighted by molar-refractivity contribution is 0.271. The van der Waals surface area contributed by atoms with Crippen molar-refractivity contribution < 1.29 is 4.74 Å². The predicted octanol–water partition coefficient (Wildman–Crippen LogP) is 4.66. The van der Waals surface area contributed by atoms with Gasteiger partial charge in [0.25, 0.3) is 0 Å². The first-order valence-electron chi connectivity index (χ1n) is 7.31. The van der Waals surface area contributed by atoms with Gasteiger partial charge in [-0.2, -0.15) is 0 Å². The summed E-state index contributed by atoms with van der Waals surface area (Å²) in [6.07, 6.45) is 0. The quantitative estimate of drug-likeness (QED) is 0.803. The first kappa shape index (κ1) is 15.9. The van der Waals surface area contributed by atoms with Crippen LogP contribution in [0.2, 0.25) is 5.02 Å². The molecule has 0 aliphatic heterocycles. The molecule has 0 aliphatic carbocycles. The molecule has 21 heavy (non-hydrogen) atoms. The third kappa shape index (κ3) is 5.41. The van der Waals surface area contributed by atoms with Gasteiger partial charge in [-0.1, -0.05) is 61.8 Å². The highest BCUT2D eigenvalue weighted by Gasteiger charge is 2.04. The lowest BCUT2D eigenvalue weighted by Crippen LogP contribution is -2.13. The molecule has 0 bridgehead atoms. The van der Waals surface area contributed by atoms with E-state index >= 15 is 0 Å². The van der Waals surface area contributed by atoms with Gasteiger partial charge in [0.1, 0.15) is 5.75 Å². The minimum Gasteiger partial charge on any atom is -0.493 e. The molecule has 1 N–H and O–H groups in total. The van der Waals surface area contributed by atoms with Crippen molar-refractivity contribution in [2.75, 3.05) is 6.61 Å². The van der Waals surface area contributed by atoms with Crippen LogP contribution in [0.5, 0.6) is 5.75 Å². The zero-order valence-corrected chi connectivity index (χ0v) is 13.4. The second-order valence-electron chi connectivity index (χ2n) is 5.55. The van der Waals surface area contributed by atoms with Crippen molar-refractivity contribution in [3.05, 3.63) is 64.7 Å². The average molecular weight is 304 g/mol. The van der Waals surface area contributed by atoms with Gasteiger partial charge in [0.15, 0.2) is 0 Å². The Morgan fingerprint density at radius 2 is 1.81 bits per heavy atom. The lowest BCUT2D eigenvalue weighted by Gasteiger charge is -2.11. The maximum absolute atomic E-state index is 6.31. The summed E-state index contributed by atoms with van der Waals surface area (Å²) in [6, 6.07) is 16.2. The fourth-order valence-corrected chi connectivity index (χ4v) is 2.20. The molecule has 0 atom stereocenters. The summed E-state index contributed by atoms with van der Waals surface area (Å²) in [5, 5.41) is 4.15. The highest BCUT2D eigenvalue weighted by molar-refractivity contribution is 6.31. The van der Waals surface area contributed by atoms with E-state index in [2.05, 4.69) is 31.3 Å². The molecule has 0 saturated heterocycles. The maximum atomic E-state index is 6.31.